The molecule has 0 fully saturated rings. The molecular formula is C32H34ClN3O4. The van der Waals surface area contributed by atoms with Gasteiger partial charge in [0.2, 0.25) is 0 Å². The Balaban J connectivity index is 1.42. The molecule has 8 heteroatoms. The molecule has 2 N–H and O–H groups in total. The molecule has 0 saturated carbocycles. The highest BCUT2D eigenvalue weighted by Gasteiger charge is 2.23. The van der Waals surface area contributed by atoms with E-state index in [-0.39, 0.29) is 19.1 Å². The van der Waals surface area contributed by atoms with Crippen molar-refractivity contribution < 1.29 is 19.5 Å². The maximum absolute atomic E-state index is 12.0. The van der Waals surface area contributed by atoms with Crippen LogP contribution in [0, 0.1) is 11.8 Å². The van der Waals surface area contributed by atoms with E-state index in [2.05, 4.69) is 53.5 Å². The Morgan fingerprint density at radius 3 is 2.15 bits per heavy atom. The lowest BCUT2D eigenvalue weighted by molar-refractivity contribution is -0.139. The lowest BCUT2D eigenvalue weighted by Crippen LogP contribution is -2.24. The summed E-state index contributed by atoms with van der Waals surface area (Å²) in [5.41, 5.74) is 5.36. The fraction of sp³-hybridized carbons (Fsp3) is 0.281. The topological polar surface area (TPSA) is 96.8 Å². The third kappa shape index (κ3) is 8.20. The summed E-state index contributed by atoms with van der Waals surface area (Å²) in [6.07, 6.45) is 4.55. The van der Waals surface area contributed by atoms with Gasteiger partial charge in [-0.15, -0.1) is 0 Å². The number of halogens is 1. The number of carboxylic acids is 1. The van der Waals surface area contributed by atoms with Crippen molar-refractivity contribution in [2.24, 2.45) is 17.0 Å². The molecule has 208 valence electrons. The minimum atomic E-state index is -0.961. The molecule has 2 unspecified atom stereocenters. The molecule has 0 amide bonds. The number of hydrogen-bond acceptors (Lipinski definition) is 5. The van der Waals surface area contributed by atoms with Crippen LogP contribution < -0.4 is 4.74 Å². The molecule has 2 atom stereocenters. The Kier molecular flexibility index (Phi) is 9.97. The molecule has 0 aliphatic carbocycles. The molecule has 7 nitrogen and oxygen atoms in total. The zero-order valence-corrected chi connectivity index (χ0v) is 23.6. The molecule has 4 rings (SSSR count). The van der Waals surface area contributed by atoms with Crippen molar-refractivity contribution in [3.8, 4) is 5.75 Å². The Morgan fingerprint density at radius 1 is 0.925 bits per heavy atom. The van der Waals surface area contributed by atoms with Crippen LogP contribution in [-0.4, -0.2) is 27.0 Å². The quantitative estimate of drug-likeness (QED) is 0.133. The number of carboxylic acid groups (broad SMARTS) is 1. The minimum Gasteiger partial charge on any atom is -0.481 e. The number of nitrogens with zero attached hydrogens (tertiary/aromatic N) is 2. The normalized spacial score (nSPS) is 13.2. The molecule has 4 aromatic rings. The number of carbonyl (C=O) groups is 1. The monoisotopic (exact) mass is 559 g/mol. The number of nitrogens with one attached hydrogen (secondary N) is 1. The number of benzene rings is 3. The second kappa shape index (κ2) is 13.8. The molecule has 1 heterocycles. The smallest absolute Gasteiger partial charge is 0.312 e. The van der Waals surface area contributed by atoms with Crippen LogP contribution in [0.4, 0.5) is 0 Å². The van der Waals surface area contributed by atoms with Crippen molar-refractivity contribution in [2.45, 2.75) is 46.3 Å². The van der Waals surface area contributed by atoms with Gasteiger partial charge in [0.15, 0.2) is 6.10 Å². The number of ether oxygens (including phenoxy) is 1. The summed E-state index contributed by atoms with van der Waals surface area (Å²) >= 11 is 5.91. The molecule has 0 saturated heterocycles. The highest BCUT2D eigenvalue weighted by Crippen LogP contribution is 2.29. The summed E-state index contributed by atoms with van der Waals surface area (Å²) in [4.78, 5) is 17.4. The average molecular weight is 560 g/mol. The van der Waals surface area contributed by atoms with Crippen molar-refractivity contribution >= 4 is 23.3 Å². The van der Waals surface area contributed by atoms with Gasteiger partial charge in [-0.05, 0) is 72.2 Å². The van der Waals surface area contributed by atoms with Crippen molar-refractivity contribution in [1.29, 1.82) is 0 Å². The molecule has 0 aliphatic heterocycles. The number of aromatic amines is 1. The van der Waals surface area contributed by atoms with E-state index in [0.29, 0.717) is 22.4 Å². The summed E-state index contributed by atoms with van der Waals surface area (Å²) in [5, 5.41) is 21.5. The number of hydrogen-bond donors (Lipinski definition) is 2. The highest BCUT2D eigenvalue weighted by molar-refractivity contribution is 6.30. The Morgan fingerprint density at radius 2 is 1.55 bits per heavy atom. The fourth-order valence-electron chi connectivity index (χ4n) is 4.38. The van der Waals surface area contributed by atoms with E-state index in [1.165, 1.54) is 5.56 Å². The number of oxime groups is 1. The fourth-order valence-corrected chi connectivity index (χ4v) is 4.50. The van der Waals surface area contributed by atoms with Crippen LogP contribution in [-0.2, 0) is 29.1 Å². The molecule has 0 aliphatic rings. The summed E-state index contributed by atoms with van der Waals surface area (Å²) in [7, 11) is 0. The van der Waals surface area contributed by atoms with Gasteiger partial charge in [0.1, 0.15) is 18.3 Å². The largest absolute Gasteiger partial charge is 0.481 e. The highest BCUT2D eigenvalue weighted by atomic mass is 35.5. The molecule has 40 heavy (non-hydrogen) atoms. The van der Waals surface area contributed by atoms with Gasteiger partial charge < -0.3 is 14.7 Å². The molecule has 0 radical (unpaired) electrons. The second-order valence-electron chi connectivity index (χ2n) is 10.2. The predicted octanol–water partition coefficient (Wildman–Crippen LogP) is 7.27. The Bertz CT molecular complexity index is 1380. The summed E-state index contributed by atoms with van der Waals surface area (Å²) in [5.74, 6) is -0.523. The van der Waals surface area contributed by atoms with E-state index in [4.69, 9.17) is 21.2 Å². The van der Waals surface area contributed by atoms with Crippen LogP contribution in [0.15, 0.2) is 90.3 Å². The van der Waals surface area contributed by atoms with Gasteiger partial charge in [0, 0.05) is 16.8 Å². The second-order valence-corrected chi connectivity index (χ2v) is 10.7. The van der Waals surface area contributed by atoms with Gasteiger partial charge in [-0.1, -0.05) is 79.1 Å². The number of aliphatic carboxylic acids is 1. The zero-order chi connectivity index (χ0) is 28.5. The van der Waals surface area contributed by atoms with Gasteiger partial charge in [0.25, 0.3) is 0 Å². The first-order valence-corrected chi connectivity index (χ1v) is 13.6. The molecule has 0 bridgehead atoms. The van der Waals surface area contributed by atoms with E-state index >= 15 is 0 Å². The summed E-state index contributed by atoms with van der Waals surface area (Å²) in [6, 6.07) is 23.2. The maximum atomic E-state index is 12.0. The number of aromatic nitrogens is 2. The minimum absolute atomic E-state index is 0.227. The van der Waals surface area contributed by atoms with E-state index in [9.17, 15) is 9.90 Å². The SMILES string of the molecule is CC(=NOCc1ccc(Cl)cc1)C(Cc1ccc(OC(c2ccc(CC(C)C)cc2)c2cn[nH]c2)cc1)C(=O)O. The lowest BCUT2D eigenvalue weighted by Gasteiger charge is -2.19. The molecule has 3 aromatic carbocycles. The van der Waals surface area contributed by atoms with Crippen LogP contribution >= 0.6 is 11.6 Å². The van der Waals surface area contributed by atoms with E-state index in [1.807, 2.05) is 42.6 Å². The van der Waals surface area contributed by atoms with Crippen molar-refractivity contribution in [3.05, 3.63) is 118 Å². The molecular weight excluding hydrogens is 526 g/mol. The third-order valence-corrected chi connectivity index (χ3v) is 6.77. The van der Waals surface area contributed by atoms with Crippen molar-refractivity contribution in [1.82, 2.24) is 10.2 Å². The Hall–Kier alpha value is -4.10. The van der Waals surface area contributed by atoms with Crippen LogP contribution in [0.1, 0.15) is 54.7 Å². The summed E-state index contributed by atoms with van der Waals surface area (Å²) in [6.45, 7) is 6.31. The standard InChI is InChI=1S/C32H34ClN3O4/c1-21(2)16-23-4-10-26(11-5-23)31(27-18-34-35-19-27)40-29-14-8-24(9-15-29)17-30(32(37)38)22(3)36-39-20-25-6-12-28(33)13-7-25/h4-15,18-19,21,30-31H,16-17,20H2,1-3H3,(H,34,35)(H,37,38). The first-order valence-electron chi connectivity index (χ1n) is 13.2. The number of H-pyrrole nitrogens is 1. The van der Waals surface area contributed by atoms with E-state index in [1.54, 1.807) is 25.3 Å². The summed E-state index contributed by atoms with van der Waals surface area (Å²) < 4.78 is 6.39. The zero-order valence-electron chi connectivity index (χ0n) is 22.9. The lowest BCUT2D eigenvalue weighted by atomic mass is 9.95. The first-order chi connectivity index (χ1) is 19.3. The van der Waals surface area contributed by atoms with Gasteiger partial charge in [-0.2, -0.15) is 5.10 Å². The van der Waals surface area contributed by atoms with Crippen LogP contribution in [0.2, 0.25) is 5.02 Å². The van der Waals surface area contributed by atoms with E-state index < -0.39 is 11.9 Å². The van der Waals surface area contributed by atoms with Gasteiger partial charge >= 0.3 is 5.97 Å². The predicted molar refractivity (Wildman–Crippen MR) is 157 cm³/mol. The molecule has 1 aromatic heterocycles. The van der Waals surface area contributed by atoms with Crippen molar-refractivity contribution in [2.75, 3.05) is 0 Å². The third-order valence-electron chi connectivity index (χ3n) is 6.52. The Labute approximate surface area is 239 Å². The average Bonchev–Trinajstić information content (AvgIpc) is 3.47. The van der Waals surface area contributed by atoms with Gasteiger partial charge in [0.05, 0.1) is 11.9 Å². The molecule has 0 spiro atoms. The van der Waals surface area contributed by atoms with Crippen LogP contribution in [0.25, 0.3) is 0 Å². The first kappa shape index (κ1) is 28.9. The van der Waals surface area contributed by atoms with Crippen molar-refractivity contribution in [3.63, 3.8) is 0 Å². The van der Waals surface area contributed by atoms with E-state index in [0.717, 1.165) is 28.7 Å². The maximum Gasteiger partial charge on any atom is 0.312 e. The van der Waals surface area contributed by atoms with Gasteiger partial charge in [-0.25, -0.2) is 0 Å². The number of rotatable bonds is 13. The van der Waals surface area contributed by atoms with Crippen LogP contribution in [0.5, 0.6) is 5.75 Å². The van der Waals surface area contributed by atoms with Gasteiger partial charge in [-0.3, -0.25) is 9.89 Å². The van der Waals surface area contributed by atoms with Crippen LogP contribution in [0.3, 0.4) is 0 Å².